The molecule has 2 rings (SSSR count). The lowest BCUT2D eigenvalue weighted by molar-refractivity contribution is 0.381. The molecule has 0 saturated heterocycles. The third-order valence-electron chi connectivity index (χ3n) is 1.38. The van der Waals surface area contributed by atoms with Crippen molar-refractivity contribution in [1.82, 2.24) is 15.0 Å². The van der Waals surface area contributed by atoms with E-state index in [0.717, 1.165) is 17.0 Å². The number of hydrogen-bond acceptors (Lipinski definition) is 4. The molecule has 0 atom stereocenters. The fourth-order valence-electron chi connectivity index (χ4n) is 0.965. The summed E-state index contributed by atoms with van der Waals surface area (Å²) in [5.41, 5.74) is 1.79. The zero-order valence-corrected chi connectivity index (χ0v) is 8.56. The van der Waals surface area contributed by atoms with E-state index in [4.69, 9.17) is 17.5 Å². The molecule has 0 aliphatic carbocycles. The van der Waals surface area contributed by atoms with E-state index >= 15 is 0 Å². The molecule has 2 aromatic heterocycles. The lowest BCUT2D eigenvalue weighted by atomic mass is 10.4. The van der Waals surface area contributed by atoms with E-state index < -0.39 is 10.4 Å². The molecule has 8 heteroatoms. The van der Waals surface area contributed by atoms with Crippen LogP contribution in [0.5, 0.6) is 0 Å². The number of nitrogens with one attached hydrogen (secondary N) is 1. The smallest absolute Gasteiger partial charge is 0.341 e. The van der Waals surface area contributed by atoms with Gasteiger partial charge in [0.25, 0.3) is 0 Å². The first-order valence-electron chi connectivity index (χ1n) is 3.83. The average molecular weight is 231 g/mol. The monoisotopic (exact) mass is 231 g/mol. The van der Waals surface area contributed by atoms with Crippen LogP contribution >= 0.6 is 0 Å². The summed E-state index contributed by atoms with van der Waals surface area (Å²) in [4.78, 5) is 11.3. The van der Waals surface area contributed by atoms with Crippen LogP contribution < -0.4 is 0 Å². The highest BCUT2D eigenvalue weighted by atomic mass is 32.3. The molecule has 15 heavy (non-hydrogen) atoms. The van der Waals surface area contributed by atoms with E-state index in [-0.39, 0.29) is 0 Å². The summed E-state index contributed by atoms with van der Waals surface area (Å²) in [5.74, 6) is 0.911. The number of rotatable bonds is 0. The molecular weight excluding hydrogens is 222 g/mol. The van der Waals surface area contributed by atoms with Crippen molar-refractivity contribution in [3.05, 3.63) is 24.2 Å². The van der Waals surface area contributed by atoms with E-state index in [9.17, 15) is 0 Å². The maximum atomic E-state index is 8.74. The quantitative estimate of drug-likeness (QED) is 0.572. The van der Waals surface area contributed by atoms with Crippen molar-refractivity contribution in [2.24, 2.45) is 0 Å². The van der Waals surface area contributed by atoms with Crippen LogP contribution in [0.4, 0.5) is 0 Å². The third-order valence-corrected chi connectivity index (χ3v) is 1.38. The van der Waals surface area contributed by atoms with Crippen molar-refractivity contribution in [3.63, 3.8) is 0 Å². The second kappa shape index (κ2) is 4.34. The van der Waals surface area contributed by atoms with Crippen LogP contribution in [-0.4, -0.2) is 32.5 Å². The van der Waals surface area contributed by atoms with Crippen LogP contribution in [0.2, 0.25) is 0 Å². The predicted octanol–water partition coefficient (Wildman–Crippen LogP) is 0.614. The number of nitrogens with zero attached hydrogens (tertiary/aromatic N) is 2. The van der Waals surface area contributed by atoms with Gasteiger partial charge in [0.2, 0.25) is 0 Å². The summed E-state index contributed by atoms with van der Waals surface area (Å²) in [6.45, 7) is 1.92. The van der Waals surface area contributed by atoms with Gasteiger partial charge in [-0.15, -0.1) is 0 Å². The molecule has 3 N–H and O–H groups in total. The Hall–Kier alpha value is -1.51. The van der Waals surface area contributed by atoms with Gasteiger partial charge in [0.1, 0.15) is 5.82 Å². The first-order chi connectivity index (χ1) is 6.86. The van der Waals surface area contributed by atoms with Crippen molar-refractivity contribution < 1.29 is 17.5 Å². The number of aromatic nitrogens is 3. The van der Waals surface area contributed by atoms with Crippen LogP contribution in [-0.2, 0) is 10.4 Å². The van der Waals surface area contributed by atoms with Gasteiger partial charge in [-0.1, -0.05) is 0 Å². The van der Waals surface area contributed by atoms with Crippen LogP contribution in [0, 0.1) is 6.92 Å². The molecule has 2 aromatic rings. The van der Waals surface area contributed by atoms with Gasteiger partial charge in [-0.3, -0.25) is 9.11 Å². The van der Waals surface area contributed by atoms with Gasteiger partial charge in [-0.2, -0.15) is 8.42 Å². The Morgan fingerprint density at radius 2 is 2.00 bits per heavy atom. The van der Waals surface area contributed by atoms with Gasteiger partial charge >= 0.3 is 10.4 Å². The van der Waals surface area contributed by atoms with E-state index in [2.05, 4.69) is 15.0 Å². The summed E-state index contributed by atoms with van der Waals surface area (Å²) in [5, 5.41) is 0. The maximum absolute atomic E-state index is 8.74. The number of pyridine rings is 1. The summed E-state index contributed by atoms with van der Waals surface area (Å²) >= 11 is 0. The fourth-order valence-corrected chi connectivity index (χ4v) is 0.965. The Morgan fingerprint density at radius 1 is 1.40 bits per heavy atom. The largest absolute Gasteiger partial charge is 0.394 e. The molecule has 0 spiro atoms. The van der Waals surface area contributed by atoms with E-state index in [1.807, 2.05) is 19.1 Å². The highest BCUT2D eigenvalue weighted by molar-refractivity contribution is 7.79. The number of H-pyrrole nitrogens is 1. The highest BCUT2D eigenvalue weighted by Crippen LogP contribution is 2.05. The van der Waals surface area contributed by atoms with Crippen molar-refractivity contribution in [2.45, 2.75) is 6.92 Å². The summed E-state index contributed by atoms with van der Waals surface area (Å²) in [6, 6.07) is 3.85. The second-order valence-corrected chi connectivity index (χ2v) is 3.54. The van der Waals surface area contributed by atoms with E-state index in [1.54, 1.807) is 6.20 Å². The van der Waals surface area contributed by atoms with E-state index in [0.29, 0.717) is 0 Å². The average Bonchev–Trinajstić information content (AvgIpc) is 2.40. The zero-order chi connectivity index (χ0) is 11.5. The molecule has 0 aliphatic rings. The first kappa shape index (κ1) is 11.6. The van der Waals surface area contributed by atoms with Crippen LogP contribution in [0.1, 0.15) is 5.82 Å². The van der Waals surface area contributed by atoms with Gasteiger partial charge < -0.3 is 4.98 Å². The van der Waals surface area contributed by atoms with Crippen molar-refractivity contribution in [2.75, 3.05) is 0 Å². The molecule has 0 aromatic carbocycles. The molecule has 0 amide bonds. The predicted molar refractivity (Wildman–Crippen MR) is 52.8 cm³/mol. The summed E-state index contributed by atoms with van der Waals surface area (Å²) in [6.07, 6.45) is 1.74. The molecule has 0 fully saturated rings. The molecule has 7 nitrogen and oxygen atoms in total. The Morgan fingerprint density at radius 3 is 2.53 bits per heavy atom. The van der Waals surface area contributed by atoms with Crippen molar-refractivity contribution in [3.8, 4) is 0 Å². The number of aryl methyl sites for hydroxylation is 1. The standard InChI is InChI=1S/C7H7N3.H2O4S/c1-5-9-6-3-2-4-8-7(6)10-5;1-5(2,3)4/h2-4H,1H3,(H,8,9,10);(H2,1,2,3,4). The van der Waals surface area contributed by atoms with Crippen LogP contribution in [0.25, 0.3) is 11.2 Å². The lowest BCUT2D eigenvalue weighted by Crippen LogP contribution is -1.89. The first-order valence-corrected chi connectivity index (χ1v) is 5.23. The molecule has 0 saturated carbocycles. The maximum Gasteiger partial charge on any atom is 0.394 e. The number of hydrogen-bond donors (Lipinski definition) is 3. The number of imidazole rings is 1. The van der Waals surface area contributed by atoms with Gasteiger partial charge in [-0.05, 0) is 19.1 Å². The minimum atomic E-state index is -4.67. The molecule has 0 aliphatic heterocycles. The van der Waals surface area contributed by atoms with Crippen molar-refractivity contribution >= 4 is 21.6 Å². The topological polar surface area (TPSA) is 116 Å². The molecule has 82 valence electrons. The Kier molecular flexibility index (Phi) is 3.35. The molecular formula is C7H9N3O4S. The summed E-state index contributed by atoms with van der Waals surface area (Å²) in [7, 11) is -4.67. The minimum absolute atomic E-state index is 0.792. The molecule has 2 heterocycles. The minimum Gasteiger partial charge on any atom is -0.341 e. The van der Waals surface area contributed by atoms with Crippen molar-refractivity contribution in [1.29, 1.82) is 0 Å². The molecule has 0 unspecified atom stereocenters. The Labute approximate surface area is 85.8 Å². The van der Waals surface area contributed by atoms with Gasteiger partial charge in [0, 0.05) is 6.20 Å². The van der Waals surface area contributed by atoms with Gasteiger partial charge in [0.15, 0.2) is 5.65 Å². The lowest BCUT2D eigenvalue weighted by Gasteiger charge is -1.80. The highest BCUT2D eigenvalue weighted by Gasteiger charge is 1.95. The summed E-state index contributed by atoms with van der Waals surface area (Å²) < 4.78 is 31.6. The second-order valence-electron chi connectivity index (χ2n) is 2.64. The fraction of sp³-hybridized carbons (Fsp3) is 0.143. The van der Waals surface area contributed by atoms with Gasteiger partial charge in [0.05, 0.1) is 5.52 Å². The van der Waals surface area contributed by atoms with E-state index in [1.165, 1.54) is 0 Å². The van der Waals surface area contributed by atoms with Gasteiger partial charge in [-0.25, -0.2) is 9.97 Å². The number of aromatic amines is 1. The third kappa shape index (κ3) is 4.49. The molecule has 0 radical (unpaired) electrons. The number of fused-ring (bicyclic) bond motifs is 1. The zero-order valence-electron chi connectivity index (χ0n) is 7.75. The van der Waals surface area contributed by atoms with Crippen LogP contribution in [0.15, 0.2) is 18.3 Å². The molecule has 0 bridgehead atoms. The van der Waals surface area contributed by atoms with Crippen LogP contribution in [0.3, 0.4) is 0 Å². The Balaban J connectivity index is 0.000000195. The normalized spacial score (nSPS) is 10.9. The Bertz CT molecular complexity index is 507. The SMILES string of the molecule is Cc1nc2ncccc2[nH]1.O=S(=O)(O)O.